The summed E-state index contributed by atoms with van der Waals surface area (Å²) in [4.78, 5) is 0. The lowest BCUT2D eigenvalue weighted by molar-refractivity contribution is 0.470. The molecule has 1 heterocycles. The molecule has 0 bridgehead atoms. The monoisotopic (exact) mass is 266 g/mol. The van der Waals surface area contributed by atoms with Crippen molar-refractivity contribution in [3.63, 3.8) is 0 Å². The molecule has 1 aromatic carbocycles. The van der Waals surface area contributed by atoms with Crippen LogP contribution in [0.3, 0.4) is 0 Å². The van der Waals surface area contributed by atoms with E-state index in [1.54, 1.807) is 6.92 Å². The highest BCUT2D eigenvalue weighted by Gasteiger charge is 2.14. The number of halogens is 1. The Bertz CT molecular complexity index is 526. The number of nitrogens with zero attached hydrogens (tertiary/aromatic N) is 2. The van der Waals surface area contributed by atoms with Gasteiger partial charge < -0.3 is 15.5 Å². The predicted octanol–water partition coefficient (Wildman–Crippen LogP) is 2.92. The van der Waals surface area contributed by atoms with Crippen molar-refractivity contribution in [3.8, 4) is 0 Å². The molecule has 6 heteroatoms. The van der Waals surface area contributed by atoms with E-state index in [2.05, 4.69) is 15.5 Å². The fourth-order valence-corrected chi connectivity index (χ4v) is 1.87. The van der Waals surface area contributed by atoms with E-state index in [0.29, 0.717) is 16.9 Å². The van der Waals surface area contributed by atoms with Crippen molar-refractivity contribution in [2.45, 2.75) is 25.9 Å². The first kappa shape index (κ1) is 12.9. The summed E-state index contributed by atoms with van der Waals surface area (Å²) in [6.07, 6.45) is 0. The molecule has 0 fully saturated rings. The number of nitrogens with two attached hydrogens (primary N) is 1. The number of benzene rings is 1. The molecular weight excluding hydrogens is 252 g/mol. The third-order valence-electron chi connectivity index (χ3n) is 2.54. The van der Waals surface area contributed by atoms with Gasteiger partial charge in [-0.05, 0) is 25.5 Å². The van der Waals surface area contributed by atoms with Gasteiger partial charge in [0.05, 0.1) is 12.1 Å². The summed E-state index contributed by atoms with van der Waals surface area (Å²) < 4.78 is 5.38. The molecule has 96 valence electrons. The molecule has 3 N–H and O–H groups in total. The maximum Gasteiger partial charge on any atom is 0.316 e. The molecule has 18 heavy (non-hydrogen) atoms. The molecule has 1 aromatic heterocycles. The second-order valence-corrected chi connectivity index (χ2v) is 4.53. The van der Waals surface area contributed by atoms with E-state index >= 15 is 0 Å². The topological polar surface area (TPSA) is 77.0 Å². The summed E-state index contributed by atoms with van der Waals surface area (Å²) in [5.41, 5.74) is 6.62. The second-order valence-electron chi connectivity index (χ2n) is 4.12. The summed E-state index contributed by atoms with van der Waals surface area (Å²) in [6.45, 7) is 3.76. The van der Waals surface area contributed by atoms with E-state index in [4.69, 9.17) is 21.8 Å². The predicted molar refractivity (Wildman–Crippen MR) is 70.4 cm³/mol. The maximum atomic E-state index is 6.11. The van der Waals surface area contributed by atoms with Crippen molar-refractivity contribution >= 4 is 17.6 Å². The van der Waals surface area contributed by atoms with Gasteiger partial charge in [0, 0.05) is 5.02 Å². The van der Waals surface area contributed by atoms with E-state index in [1.807, 2.05) is 31.2 Å². The number of hydrogen-bond acceptors (Lipinski definition) is 5. The normalized spacial score (nSPS) is 14.2. The summed E-state index contributed by atoms with van der Waals surface area (Å²) in [7, 11) is 0. The van der Waals surface area contributed by atoms with Crippen molar-refractivity contribution in [3.05, 3.63) is 40.7 Å². The first-order chi connectivity index (χ1) is 8.58. The Labute approximate surface area is 110 Å². The van der Waals surface area contributed by atoms with Crippen molar-refractivity contribution in [1.29, 1.82) is 0 Å². The van der Waals surface area contributed by atoms with Crippen molar-refractivity contribution in [2.75, 3.05) is 5.32 Å². The van der Waals surface area contributed by atoms with Crippen LogP contribution in [0.4, 0.5) is 6.01 Å². The van der Waals surface area contributed by atoms with E-state index in [-0.39, 0.29) is 12.1 Å². The first-order valence-corrected chi connectivity index (χ1v) is 6.05. The molecule has 2 unspecified atom stereocenters. The third kappa shape index (κ3) is 2.80. The molecule has 0 saturated heterocycles. The molecule has 2 aromatic rings. The quantitative estimate of drug-likeness (QED) is 0.890. The molecule has 0 aliphatic heterocycles. The van der Waals surface area contributed by atoms with Crippen LogP contribution in [0.15, 0.2) is 28.7 Å². The molecular formula is C12H15ClN4O. The third-order valence-corrected chi connectivity index (χ3v) is 2.89. The molecule has 0 aliphatic rings. The highest BCUT2D eigenvalue weighted by atomic mass is 35.5. The molecule has 5 nitrogen and oxygen atoms in total. The average Bonchev–Trinajstić information content (AvgIpc) is 2.78. The Hall–Kier alpha value is -1.59. The smallest absolute Gasteiger partial charge is 0.316 e. The van der Waals surface area contributed by atoms with Gasteiger partial charge in [0.15, 0.2) is 0 Å². The number of rotatable bonds is 4. The molecule has 0 saturated carbocycles. The minimum Gasteiger partial charge on any atom is -0.406 e. The van der Waals surface area contributed by atoms with Gasteiger partial charge in [-0.25, -0.2) is 0 Å². The molecule has 0 radical (unpaired) electrons. The van der Waals surface area contributed by atoms with Gasteiger partial charge in [-0.2, -0.15) is 0 Å². The van der Waals surface area contributed by atoms with Crippen LogP contribution in [-0.2, 0) is 0 Å². The van der Waals surface area contributed by atoms with Gasteiger partial charge in [0.25, 0.3) is 0 Å². The SMILES string of the molecule is CC(N)c1nnc(NC(C)c2ccccc2Cl)o1. The van der Waals surface area contributed by atoms with E-state index < -0.39 is 0 Å². The highest BCUT2D eigenvalue weighted by molar-refractivity contribution is 6.31. The Morgan fingerprint density at radius 3 is 2.61 bits per heavy atom. The summed E-state index contributed by atoms with van der Waals surface area (Å²) >= 11 is 6.11. The lowest BCUT2D eigenvalue weighted by atomic mass is 10.1. The lowest BCUT2D eigenvalue weighted by Gasteiger charge is -2.13. The zero-order chi connectivity index (χ0) is 13.1. The molecule has 0 aliphatic carbocycles. The average molecular weight is 267 g/mol. The summed E-state index contributed by atoms with van der Waals surface area (Å²) in [5.74, 6) is 0.406. The van der Waals surface area contributed by atoms with Crippen LogP contribution < -0.4 is 11.1 Å². The summed E-state index contributed by atoms with van der Waals surface area (Å²) in [5, 5.41) is 11.5. The van der Waals surface area contributed by atoms with E-state index in [1.165, 1.54) is 0 Å². The second kappa shape index (κ2) is 5.37. The Morgan fingerprint density at radius 2 is 2.00 bits per heavy atom. The minimum absolute atomic E-state index is 0.0277. The number of aromatic nitrogens is 2. The largest absolute Gasteiger partial charge is 0.406 e. The summed E-state index contributed by atoms with van der Waals surface area (Å²) in [6, 6.07) is 7.65. The number of hydrogen-bond donors (Lipinski definition) is 2. The fourth-order valence-electron chi connectivity index (χ4n) is 1.57. The highest BCUT2D eigenvalue weighted by Crippen LogP contribution is 2.25. The van der Waals surface area contributed by atoms with Crippen molar-refractivity contribution < 1.29 is 4.42 Å². The van der Waals surface area contributed by atoms with E-state index in [0.717, 1.165) is 5.56 Å². The van der Waals surface area contributed by atoms with Crippen LogP contribution in [-0.4, -0.2) is 10.2 Å². The van der Waals surface area contributed by atoms with Gasteiger partial charge in [-0.15, -0.1) is 5.10 Å². The van der Waals surface area contributed by atoms with Gasteiger partial charge in [-0.3, -0.25) is 0 Å². The standard InChI is InChI=1S/C12H15ClN4O/c1-7(14)11-16-17-12(18-11)15-8(2)9-5-3-4-6-10(9)13/h3-8H,14H2,1-2H3,(H,15,17). The first-order valence-electron chi connectivity index (χ1n) is 5.68. The minimum atomic E-state index is -0.274. The Balaban J connectivity index is 2.11. The van der Waals surface area contributed by atoms with Crippen molar-refractivity contribution in [1.82, 2.24) is 10.2 Å². The van der Waals surface area contributed by atoms with Crippen LogP contribution in [0.1, 0.15) is 37.4 Å². The van der Waals surface area contributed by atoms with Gasteiger partial charge in [0.1, 0.15) is 0 Å². The Kier molecular flexibility index (Phi) is 3.84. The van der Waals surface area contributed by atoms with Gasteiger partial charge >= 0.3 is 6.01 Å². The molecule has 0 amide bonds. The van der Waals surface area contributed by atoms with Crippen molar-refractivity contribution in [2.24, 2.45) is 5.73 Å². The fraction of sp³-hybridized carbons (Fsp3) is 0.333. The van der Waals surface area contributed by atoms with Gasteiger partial charge in [-0.1, -0.05) is 34.9 Å². The Morgan fingerprint density at radius 1 is 1.28 bits per heavy atom. The zero-order valence-corrected chi connectivity index (χ0v) is 11.0. The van der Waals surface area contributed by atoms with Crippen LogP contribution in [0.5, 0.6) is 0 Å². The van der Waals surface area contributed by atoms with Crippen LogP contribution in [0.25, 0.3) is 0 Å². The molecule has 0 spiro atoms. The number of nitrogens with one attached hydrogen (secondary N) is 1. The number of anilines is 1. The van der Waals surface area contributed by atoms with Crippen LogP contribution in [0.2, 0.25) is 5.02 Å². The van der Waals surface area contributed by atoms with Crippen LogP contribution >= 0.6 is 11.6 Å². The molecule has 2 atom stereocenters. The maximum absolute atomic E-state index is 6.11. The van der Waals surface area contributed by atoms with Gasteiger partial charge in [0.2, 0.25) is 5.89 Å². The van der Waals surface area contributed by atoms with E-state index in [9.17, 15) is 0 Å². The zero-order valence-electron chi connectivity index (χ0n) is 10.2. The lowest BCUT2D eigenvalue weighted by Crippen LogP contribution is -2.07. The molecule has 2 rings (SSSR count). The van der Waals surface area contributed by atoms with Crippen LogP contribution in [0, 0.1) is 0 Å².